The van der Waals surface area contributed by atoms with Gasteiger partial charge in [0, 0.05) is 105 Å². The van der Waals surface area contributed by atoms with Crippen molar-refractivity contribution in [2.75, 3.05) is 42.6 Å². The lowest BCUT2D eigenvalue weighted by Crippen LogP contribution is -2.48. The molecule has 0 spiro atoms. The first-order chi connectivity index (χ1) is 21.5. The summed E-state index contributed by atoms with van der Waals surface area (Å²) in [7, 11) is 0. The monoisotopic (exact) mass is 597 g/mol. The third kappa shape index (κ3) is 5.93. The highest BCUT2D eigenvalue weighted by atomic mass is 19.1. The first-order valence-electron chi connectivity index (χ1n) is 15.9. The van der Waals surface area contributed by atoms with Crippen LogP contribution in [0.15, 0.2) is 60.0 Å². The number of aromatic nitrogens is 4. The molecule has 5 heterocycles. The SMILES string of the molecule is Cc1cc(CN(Cc2cn(C3CC3)c3cc(N4CC[C@H](CO)C4)c(F)cc3c2=O)[C@H]2CCCN(c3cnccn3)C2)ccn1. The molecule has 3 aliphatic rings. The van der Waals surface area contributed by atoms with Crippen LogP contribution >= 0.6 is 0 Å². The molecule has 1 saturated carbocycles. The van der Waals surface area contributed by atoms with Crippen LogP contribution in [-0.4, -0.2) is 68.4 Å². The number of benzene rings is 1. The highest BCUT2D eigenvalue weighted by molar-refractivity contribution is 5.84. The zero-order valence-corrected chi connectivity index (χ0v) is 25.3. The summed E-state index contributed by atoms with van der Waals surface area (Å²) in [5.41, 5.74) is 4.03. The zero-order valence-electron chi connectivity index (χ0n) is 25.3. The summed E-state index contributed by atoms with van der Waals surface area (Å²) in [5, 5.41) is 10.1. The maximum atomic E-state index is 15.7. The number of hydrogen-bond acceptors (Lipinski definition) is 8. The molecule has 1 N–H and O–H groups in total. The van der Waals surface area contributed by atoms with Gasteiger partial charge in [0.2, 0.25) is 0 Å². The van der Waals surface area contributed by atoms with Crippen LogP contribution in [0.3, 0.4) is 0 Å². The molecule has 0 bridgehead atoms. The largest absolute Gasteiger partial charge is 0.396 e. The van der Waals surface area contributed by atoms with Crippen LogP contribution in [0.1, 0.15) is 55.0 Å². The van der Waals surface area contributed by atoms with Crippen molar-refractivity contribution < 1.29 is 9.50 Å². The van der Waals surface area contributed by atoms with Crippen molar-refractivity contribution >= 4 is 22.4 Å². The van der Waals surface area contributed by atoms with Gasteiger partial charge in [0.15, 0.2) is 5.43 Å². The van der Waals surface area contributed by atoms with E-state index in [-0.39, 0.29) is 29.8 Å². The fraction of sp³-hybridized carbons (Fsp3) is 0.471. The number of aryl methyl sites for hydroxylation is 1. The smallest absolute Gasteiger partial charge is 0.193 e. The van der Waals surface area contributed by atoms with E-state index in [0.29, 0.717) is 48.9 Å². The lowest BCUT2D eigenvalue weighted by molar-refractivity contribution is 0.158. The van der Waals surface area contributed by atoms with E-state index in [9.17, 15) is 9.90 Å². The van der Waals surface area contributed by atoms with Gasteiger partial charge in [-0.2, -0.15) is 0 Å². The number of pyridine rings is 2. The van der Waals surface area contributed by atoms with Crippen LogP contribution in [0.5, 0.6) is 0 Å². The van der Waals surface area contributed by atoms with Crippen LogP contribution in [0, 0.1) is 18.7 Å². The number of rotatable bonds is 9. The Labute approximate surface area is 257 Å². The summed E-state index contributed by atoms with van der Waals surface area (Å²) in [6, 6.07) is 7.98. The van der Waals surface area contributed by atoms with Crippen molar-refractivity contribution in [3.05, 3.63) is 88.1 Å². The van der Waals surface area contributed by atoms with E-state index in [2.05, 4.69) is 35.4 Å². The van der Waals surface area contributed by atoms with Crippen molar-refractivity contribution in [2.24, 2.45) is 5.92 Å². The number of halogens is 1. The van der Waals surface area contributed by atoms with Gasteiger partial charge in [0.25, 0.3) is 0 Å². The van der Waals surface area contributed by atoms with E-state index in [4.69, 9.17) is 0 Å². The normalized spacial score (nSPS) is 20.6. The van der Waals surface area contributed by atoms with Gasteiger partial charge in [-0.3, -0.25) is 19.7 Å². The molecule has 9 nitrogen and oxygen atoms in total. The molecular weight excluding hydrogens is 557 g/mol. The number of piperidine rings is 1. The minimum absolute atomic E-state index is 0.102. The molecule has 3 aromatic heterocycles. The Morgan fingerprint density at radius 2 is 1.89 bits per heavy atom. The fourth-order valence-corrected chi connectivity index (χ4v) is 7.01. The lowest BCUT2D eigenvalue weighted by Gasteiger charge is -2.40. The fourth-order valence-electron chi connectivity index (χ4n) is 7.01. The zero-order chi connectivity index (χ0) is 30.2. The standard InChI is InChI=1S/C34H40FN7O2/c1-23-13-24(6-8-37-23)17-41(28-3-2-11-40(21-28)33-16-36-9-10-38-33)19-26-20-42(27-4-5-27)31-15-32(30(35)14-29(31)34(26)44)39-12-7-25(18-39)22-43/h6,8-10,13-16,20,25,27-28,43H,2-5,7,11-12,17-19,21-22H2,1H3/t25-,28-/m0/s1. The van der Waals surface area contributed by atoms with Gasteiger partial charge in [-0.15, -0.1) is 0 Å². The molecular formula is C34H40FN7O2. The third-order valence-corrected chi connectivity index (χ3v) is 9.51. The van der Waals surface area contributed by atoms with Gasteiger partial charge in [-0.05, 0) is 68.9 Å². The molecule has 1 aliphatic carbocycles. The summed E-state index contributed by atoms with van der Waals surface area (Å²) >= 11 is 0. The molecule has 0 amide bonds. The molecule has 2 atom stereocenters. The van der Waals surface area contributed by atoms with Crippen LogP contribution in [0.25, 0.3) is 10.9 Å². The number of fused-ring (bicyclic) bond motifs is 1. The molecule has 0 unspecified atom stereocenters. The number of anilines is 2. The highest BCUT2D eigenvalue weighted by Gasteiger charge is 2.31. The van der Waals surface area contributed by atoms with Gasteiger partial charge in [-0.1, -0.05) is 0 Å². The van der Waals surface area contributed by atoms with Crippen LogP contribution in [-0.2, 0) is 13.1 Å². The summed E-state index contributed by atoms with van der Waals surface area (Å²) in [5.74, 6) is 0.648. The van der Waals surface area contributed by atoms with E-state index in [1.54, 1.807) is 12.4 Å². The Hall–Kier alpha value is -3.89. The lowest BCUT2D eigenvalue weighted by atomic mass is 10.0. The van der Waals surface area contributed by atoms with Gasteiger partial charge in [0.05, 0.1) is 17.4 Å². The average molecular weight is 598 g/mol. The molecule has 3 fully saturated rings. The van der Waals surface area contributed by atoms with E-state index < -0.39 is 0 Å². The first kappa shape index (κ1) is 28.9. The van der Waals surface area contributed by atoms with E-state index in [1.165, 1.54) is 6.07 Å². The van der Waals surface area contributed by atoms with Crippen LogP contribution < -0.4 is 15.2 Å². The predicted octanol–water partition coefficient (Wildman–Crippen LogP) is 4.46. The summed E-state index contributed by atoms with van der Waals surface area (Å²) in [4.78, 5) is 34.0. The minimum Gasteiger partial charge on any atom is -0.396 e. The maximum absolute atomic E-state index is 15.7. The third-order valence-electron chi connectivity index (χ3n) is 9.51. The Morgan fingerprint density at radius 1 is 1.00 bits per heavy atom. The molecule has 10 heteroatoms. The second kappa shape index (κ2) is 12.2. The molecule has 230 valence electrons. The Kier molecular flexibility index (Phi) is 8.03. The Balaban J connectivity index is 1.25. The number of aliphatic hydroxyl groups excluding tert-OH is 1. The predicted molar refractivity (Wildman–Crippen MR) is 169 cm³/mol. The summed E-state index contributed by atoms with van der Waals surface area (Å²) in [6.07, 6.45) is 14.1. The van der Waals surface area contributed by atoms with Crippen molar-refractivity contribution in [2.45, 2.75) is 64.2 Å². The van der Waals surface area contributed by atoms with Gasteiger partial charge in [0.1, 0.15) is 11.6 Å². The summed E-state index contributed by atoms with van der Waals surface area (Å²) in [6.45, 7) is 6.28. The molecule has 1 aromatic carbocycles. The molecule has 7 rings (SSSR count). The van der Waals surface area contributed by atoms with Crippen LogP contribution in [0.2, 0.25) is 0 Å². The molecule has 0 radical (unpaired) electrons. The van der Waals surface area contributed by atoms with Gasteiger partial charge >= 0.3 is 0 Å². The Bertz CT molecular complexity index is 1690. The molecule has 2 saturated heterocycles. The number of aliphatic hydroxyl groups is 1. The maximum Gasteiger partial charge on any atom is 0.193 e. The second-order valence-corrected chi connectivity index (χ2v) is 12.7. The van der Waals surface area contributed by atoms with Crippen molar-refractivity contribution in [1.82, 2.24) is 24.4 Å². The average Bonchev–Trinajstić information content (AvgIpc) is 3.78. The van der Waals surface area contributed by atoms with E-state index in [0.717, 1.165) is 67.8 Å². The summed E-state index contributed by atoms with van der Waals surface area (Å²) < 4.78 is 17.9. The topological polar surface area (TPSA) is 90.6 Å². The van der Waals surface area contributed by atoms with Crippen molar-refractivity contribution in [1.29, 1.82) is 0 Å². The second-order valence-electron chi connectivity index (χ2n) is 12.7. The van der Waals surface area contributed by atoms with Crippen LogP contribution in [0.4, 0.5) is 15.9 Å². The van der Waals surface area contributed by atoms with Crippen molar-refractivity contribution in [3.8, 4) is 0 Å². The van der Waals surface area contributed by atoms with E-state index >= 15 is 4.39 Å². The first-order valence-corrected chi connectivity index (χ1v) is 15.9. The highest BCUT2D eigenvalue weighted by Crippen LogP contribution is 2.39. The number of nitrogens with zero attached hydrogens (tertiary/aromatic N) is 7. The molecule has 44 heavy (non-hydrogen) atoms. The minimum atomic E-state index is -0.372. The molecule has 2 aliphatic heterocycles. The van der Waals surface area contributed by atoms with Gasteiger partial charge < -0.3 is 19.5 Å². The van der Waals surface area contributed by atoms with Gasteiger partial charge in [-0.25, -0.2) is 9.37 Å². The number of hydrogen-bond donors (Lipinski definition) is 1. The van der Waals surface area contributed by atoms with E-state index in [1.807, 2.05) is 42.5 Å². The quantitative estimate of drug-likeness (QED) is 0.303. The molecule has 4 aromatic rings. The Morgan fingerprint density at radius 3 is 2.64 bits per heavy atom. The van der Waals surface area contributed by atoms with Crippen molar-refractivity contribution in [3.63, 3.8) is 0 Å².